The Morgan fingerprint density at radius 3 is 2.13 bits per heavy atom. The summed E-state index contributed by atoms with van der Waals surface area (Å²) in [5, 5.41) is 0. The predicted molar refractivity (Wildman–Crippen MR) is 56.2 cm³/mol. The van der Waals surface area contributed by atoms with Crippen molar-refractivity contribution in [3.63, 3.8) is 0 Å². The van der Waals surface area contributed by atoms with Gasteiger partial charge in [0.05, 0.1) is 6.61 Å². The van der Waals surface area contributed by atoms with Crippen LogP contribution in [0.1, 0.15) is 27.7 Å². The summed E-state index contributed by atoms with van der Waals surface area (Å²) in [5.41, 5.74) is 0. The second kappa shape index (κ2) is 7.04. The summed E-state index contributed by atoms with van der Waals surface area (Å²) in [7, 11) is 0. The molecule has 0 aromatic heterocycles. The molecule has 0 rings (SSSR count). The largest absolute Gasteiger partial charge is 0.463 e. The van der Waals surface area contributed by atoms with Crippen LogP contribution >= 0.6 is 0 Å². The highest BCUT2D eigenvalue weighted by Crippen LogP contribution is 2.05. The van der Waals surface area contributed by atoms with Crippen molar-refractivity contribution in [3.05, 3.63) is 12.2 Å². The smallest absolute Gasteiger partial charge is 0.331 e. The van der Waals surface area contributed by atoms with E-state index < -0.39 is 11.9 Å². The summed E-state index contributed by atoms with van der Waals surface area (Å²) >= 11 is 0. The second-order valence-electron chi connectivity index (χ2n) is 3.47. The molecule has 0 aromatic rings. The highest BCUT2D eigenvalue weighted by Gasteiger charge is 2.10. The lowest BCUT2D eigenvalue weighted by molar-refractivity contribution is -0.145. The molecular weight excluding hydrogens is 196 g/mol. The molecule has 15 heavy (non-hydrogen) atoms. The maximum Gasteiger partial charge on any atom is 0.331 e. The van der Waals surface area contributed by atoms with Gasteiger partial charge in [0.15, 0.2) is 0 Å². The van der Waals surface area contributed by atoms with Gasteiger partial charge in [0.25, 0.3) is 0 Å². The summed E-state index contributed by atoms with van der Waals surface area (Å²) < 4.78 is 9.62. The molecule has 0 fully saturated rings. The molecule has 4 nitrogen and oxygen atoms in total. The Morgan fingerprint density at radius 1 is 1.13 bits per heavy atom. The Balaban J connectivity index is 3.98. The van der Waals surface area contributed by atoms with E-state index in [1.807, 2.05) is 13.8 Å². The molecule has 0 spiro atoms. The molecule has 0 bridgehead atoms. The zero-order chi connectivity index (χ0) is 11.8. The van der Waals surface area contributed by atoms with Crippen LogP contribution in [0.25, 0.3) is 0 Å². The first-order valence-corrected chi connectivity index (χ1v) is 5.02. The van der Waals surface area contributed by atoms with Crippen LogP contribution in [0, 0.1) is 5.92 Å². The molecule has 0 aliphatic carbocycles. The number of carbonyl (C=O) groups is 2. The van der Waals surface area contributed by atoms with Crippen LogP contribution in [0.5, 0.6) is 0 Å². The third kappa shape index (κ3) is 6.71. The van der Waals surface area contributed by atoms with Gasteiger partial charge < -0.3 is 9.47 Å². The first-order chi connectivity index (χ1) is 6.97. The lowest BCUT2D eigenvalue weighted by Crippen LogP contribution is -2.19. The van der Waals surface area contributed by atoms with Gasteiger partial charge >= 0.3 is 11.9 Å². The van der Waals surface area contributed by atoms with Gasteiger partial charge in [-0.15, -0.1) is 0 Å². The van der Waals surface area contributed by atoms with Gasteiger partial charge in [-0.1, -0.05) is 13.8 Å². The summed E-state index contributed by atoms with van der Waals surface area (Å²) in [6.07, 6.45) is 1.99. The van der Waals surface area contributed by atoms with Gasteiger partial charge in [-0.3, -0.25) is 0 Å². The van der Waals surface area contributed by atoms with E-state index in [0.717, 1.165) is 12.2 Å². The van der Waals surface area contributed by atoms with Crippen LogP contribution in [0.15, 0.2) is 12.2 Å². The number of carbonyl (C=O) groups excluding carboxylic acids is 2. The Morgan fingerprint density at radius 2 is 1.67 bits per heavy atom. The van der Waals surface area contributed by atoms with Gasteiger partial charge in [0.2, 0.25) is 0 Å². The van der Waals surface area contributed by atoms with Crippen molar-refractivity contribution < 1.29 is 19.1 Å². The molecule has 0 aromatic carbocycles. The van der Waals surface area contributed by atoms with E-state index in [-0.39, 0.29) is 12.0 Å². The molecule has 0 N–H and O–H groups in total. The summed E-state index contributed by atoms with van der Waals surface area (Å²) in [4.78, 5) is 22.0. The standard InChI is InChI=1S/C11H18O4/c1-5-14-10(12)6-7-11(13)15-9(4)8(2)3/h6-9H,5H2,1-4H3/b7-6+. The van der Waals surface area contributed by atoms with Gasteiger partial charge in [-0.05, 0) is 19.8 Å². The lowest BCUT2D eigenvalue weighted by atomic mass is 10.1. The van der Waals surface area contributed by atoms with E-state index in [1.54, 1.807) is 13.8 Å². The van der Waals surface area contributed by atoms with Crippen LogP contribution in [-0.2, 0) is 19.1 Å². The fourth-order valence-corrected chi connectivity index (χ4v) is 0.685. The first kappa shape index (κ1) is 13.7. The van der Waals surface area contributed by atoms with Crippen molar-refractivity contribution in [3.8, 4) is 0 Å². The van der Waals surface area contributed by atoms with Gasteiger partial charge in [0.1, 0.15) is 6.10 Å². The third-order valence-corrected chi connectivity index (χ3v) is 1.88. The number of hydrogen-bond acceptors (Lipinski definition) is 4. The van der Waals surface area contributed by atoms with Crippen LogP contribution in [0.2, 0.25) is 0 Å². The summed E-state index contributed by atoms with van der Waals surface area (Å²) in [6, 6.07) is 0. The number of hydrogen-bond donors (Lipinski definition) is 0. The van der Waals surface area contributed by atoms with Gasteiger partial charge in [-0.2, -0.15) is 0 Å². The zero-order valence-electron chi connectivity index (χ0n) is 9.65. The zero-order valence-corrected chi connectivity index (χ0v) is 9.65. The minimum Gasteiger partial charge on any atom is -0.463 e. The van der Waals surface area contributed by atoms with Crippen molar-refractivity contribution in [1.82, 2.24) is 0 Å². The monoisotopic (exact) mass is 214 g/mol. The molecule has 0 heterocycles. The summed E-state index contributed by atoms with van der Waals surface area (Å²) in [5.74, 6) is -0.805. The Hall–Kier alpha value is -1.32. The molecule has 0 saturated carbocycles. The first-order valence-electron chi connectivity index (χ1n) is 5.02. The van der Waals surface area contributed by atoms with Crippen molar-refractivity contribution in [2.24, 2.45) is 5.92 Å². The molecule has 0 radical (unpaired) electrons. The summed E-state index contributed by atoms with van der Waals surface area (Å²) in [6.45, 7) is 7.70. The van der Waals surface area contributed by atoms with Crippen molar-refractivity contribution >= 4 is 11.9 Å². The number of ether oxygens (including phenoxy) is 2. The van der Waals surface area contributed by atoms with E-state index in [0.29, 0.717) is 6.61 Å². The Bertz CT molecular complexity index is 243. The second-order valence-corrected chi connectivity index (χ2v) is 3.47. The van der Waals surface area contributed by atoms with Crippen molar-refractivity contribution in [1.29, 1.82) is 0 Å². The lowest BCUT2D eigenvalue weighted by Gasteiger charge is -2.14. The quantitative estimate of drug-likeness (QED) is 0.516. The average Bonchev–Trinajstić information content (AvgIpc) is 2.15. The van der Waals surface area contributed by atoms with Gasteiger partial charge in [-0.25, -0.2) is 9.59 Å². The van der Waals surface area contributed by atoms with E-state index in [4.69, 9.17) is 4.74 Å². The van der Waals surface area contributed by atoms with Gasteiger partial charge in [0, 0.05) is 12.2 Å². The molecule has 4 heteroatoms. The fourth-order valence-electron chi connectivity index (χ4n) is 0.685. The highest BCUT2D eigenvalue weighted by molar-refractivity contribution is 5.91. The minimum absolute atomic E-state index is 0.163. The maximum absolute atomic E-state index is 11.1. The molecule has 1 unspecified atom stereocenters. The molecule has 1 atom stereocenters. The SMILES string of the molecule is CCOC(=O)/C=C/C(=O)OC(C)C(C)C. The number of esters is 2. The topological polar surface area (TPSA) is 52.6 Å². The van der Waals surface area contributed by atoms with Crippen LogP contribution in [0.4, 0.5) is 0 Å². The highest BCUT2D eigenvalue weighted by atomic mass is 16.5. The number of rotatable bonds is 5. The predicted octanol–water partition coefficient (Wildman–Crippen LogP) is 1.69. The van der Waals surface area contributed by atoms with Crippen molar-refractivity contribution in [2.75, 3.05) is 6.61 Å². The molecular formula is C11H18O4. The molecule has 0 aliphatic rings. The molecule has 86 valence electrons. The Labute approximate surface area is 90.2 Å². The van der Waals surface area contributed by atoms with E-state index in [1.165, 1.54) is 0 Å². The Kier molecular flexibility index (Phi) is 6.42. The molecule has 0 aliphatic heterocycles. The average molecular weight is 214 g/mol. The van der Waals surface area contributed by atoms with Crippen LogP contribution < -0.4 is 0 Å². The third-order valence-electron chi connectivity index (χ3n) is 1.88. The normalized spacial score (nSPS) is 12.9. The maximum atomic E-state index is 11.1. The van der Waals surface area contributed by atoms with E-state index >= 15 is 0 Å². The van der Waals surface area contributed by atoms with Crippen molar-refractivity contribution in [2.45, 2.75) is 33.8 Å². The van der Waals surface area contributed by atoms with E-state index in [9.17, 15) is 9.59 Å². The molecule has 0 saturated heterocycles. The van der Waals surface area contributed by atoms with E-state index in [2.05, 4.69) is 4.74 Å². The minimum atomic E-state index is -0.536. The van der Waals surface area contributed by atoms with Crippen LogP contribution in [-0.4, -0.2) is 24.6 Å². The molecule has 0 amide bonds. The van der Waals surface area contributed by atoms with Crippen LogP contribution in [0.3, 0.4) is 0 Å². The fraction of sp³-hybridized carbons (Fsp3) is 0.636.